The summed E-state index contributed by atoms with van der Waals surface area (Å²) in [7, 11) is 0. The van der Waals surface area contributed by atoms with Crippen molar-refractivity contribution in [1.29, 1.82) is 0 Å². The van der Waals surface area contributed by atoms with E-state index in [4.69, 9.17) is 16.0 Å². The molecule has 1 aliphatic rings. The van der Waals surface area contributed by atoms with E-state index in [1.807, 2.05) is 37.3 Å². The van der Waals surface area contributed by atoms with Gasteiger partial charge < -0.3 is 4.42 Å². The second-order valence-corrected chi connectivity index (χ2v) is 6.55. The van der Waals surface area contributed by atoms with Gasteiger partial charge in [-0.05, 0) is 42.8 Å². The molecule has 2 aromatic carbocycles. The number of amides is 2. The first-order valence-electron chi connectivity index (χ1n) is 8.31. The molecule has 0 atom stereocenters. The summed E-state index contributed by atoms with van der Waals surface area (Å²) in [4.78, 5) is 25.0. The normalized spacial score (nSPS) is 15.5. The molecule has 5 nitrogen and oxygen atoms in total. The number of furan rings is 1. The highest BCUT2D eigenvalue weighted by atomic mass is 35.5. The van der Waals surface area contributed by atoms with Crippen LogP contribution in [-0.2, 0) is 9.59 Å². The fraction of sp³-hybridized carbons (Fsp3) is 0.0476. The molecule has 134 valence electrons. The summed E-state index contributed by atoms with van der Waals surface area (Å²) < 4.78 is 5.76. The summed E-state index contributed by atoms with van der Waals surface area (Å²) in [6, 6.07) is 18.3. The molecule has 1 N–H and O–H groups in total. The van der Waals surface area contributed by atoms with E-state index in [0.29, 0.717) is 22.2 Å². The van der Waals surface area contributed by atoms with E-state index in [1.165, 1.54) is 11.1 Å². The highest BCUT2D eigenvalue weighted by Gasteiger charge is 2.35. The van der Waals surface area contributed by atoms with E-state index in [0.717, 1.165) is 11.1 Å². The smallest absolute Gasteiger partial charge is 0.282 e. The van der Waals surface area contributed by atoms with Gasteiger partial charge in [-0.25, -0.2) is 5.01 Å². The van der Waals surface area contributed by atoms with Crippen LogP contribution in [0.1, 0.15) is 11.3 Å². The molecule has 0 saturated carbocycles. The Kier molecular flexibility index (Phi) is 4.30. The van der Waals surface area contributed by atoms with Gasteiger partial charge in [-0.2, -0.15) is 0 Å². The number of hydrogen-bond acceptors (Lipinski definition) is 3. The van der Waals surface area contributed by atoms with Gasteiger partial charge in [0.1, 0.15) is 17.1 Å². The third-order valence-corrected chi connectivity index (χ3v) is 4.68. The first kappa shape index (κ1) is 17.1. The average molecular weight is 379 g/mol. The lowest BCUT2D eigenvalue weighted by molar-refractivity contribution is -0.117. The molecule has 1 aromatic heterocycles. The predicted molar refractivity (Wildman–Crippen MR) is 104 cm³/mol. The number of hydrogen-bond donors (Lipinski definition) is 1. The maximum absolute atomic E-state index is 12.7. The largest absolute Gasteiger partial charge is 0.457 e. The number of rotatable bonds is 3. The lowest BCUT2D eigenvalue weighted by Crippen LogP contribution is -2.35. The summed E-state index contributed by atoms with van der Waals surface area (Å²) in [5.74, 6) is 0.138. The van der Waals surface area contributed by atoms with Crippen LogP contribution in [0.2, 0.25) is 5.02 Å². The van der Waals surface area contributed by atoms with Gasteiger partial charge in [-0.15, -0.1) is 0 Å². The molecule has 0 unspecified atom stereocenters. The molecule has 0 spiro atoms. The van der Waals surface area contributed by atoms with Crippen molar-refractivity contribution in [3.05, 3.63) is 82.6 Å². The third kappa shape index (κ3) is 3.25. The number of halogens is 1. The van der Waals surface area contributed by atoms with E-state index in [1.54, 1.807) is 30.3 Å². The minimum absolute atomic E-state index is 0.000610. The monoisotopic (exact) mass is 378 g/mol. The van der Waals surface area contributed by atoms with Gasteiger partial charge in [-0.1, -0.05) is 48.0 Å². The minimum Gasteiger partial charge on any atom is -0.457 e. The molecule has 2 heterocycles. The van der Waals surface area contributed by atoms with Crippen LogP contribution in [0.4, 0.5) is 5.69 Å². The molecule has 6 heteroatoms. The van der Waals surface area contributed by atoms with Gasteiger partial charge in [0.05, 0.1) is 5.69 Å². The lowest BCUT2D eigenvalue weighted by atomic mass is 10.2. The number of hydrazine groups is 1. The van der Waals surface area contributed by atoms with E-state index in [-0.39, 0.29) is 5.57 Å². The van der Waals surface area contributed by atoms with Crippen LogP contribution < -0.4 is 10.4 Å². The summed E-state index contributed by atoms with van der Waals surface area (Å²) in [6.07, 6.45) is 1.44. The molecule has 3 aromatic rings. The Bertz CT molecular complexity index is 1070. The molecular weight excluding hydrogens is 364 g/mol. The number of carbonyl (C=O) groups excluding carboxylic acids is 2. The van der Waals surface area contributed by atoms with Gasteiger partial charge in [0.15, 0.2) is 0 Å². The molecule has 1 fully saturated rings. The van der Waals surface area contributed by atoms with E-state index < -0.39 is 11.8 Å². The quantitative estimate of drug-likeness (QED) is 0.543. The summed E-state index contributed by atoms with van der Waals surface area (Å²) in [5.41, 5.74) is 4.85. The minimum atomic E-state index is -0.491. The Labute approximate surface area is 160 Å². The van der Waals surface area contributed by atoms with Crippen LogP contribution in [0.3, 0.4) is 0 Å². The Hall–Kier alpha value is -3.31. The van der Waals surface area contributed by atoms with Crippen molar-refractivity contribution >= 4 is 35.2 Å². The highest BCUT2D eigenvalue weighted by Crippen LogP contribution is 2.27. The molecule has 2 amide bonds. The zero-order valence-corrected chi connectivity index (χ0v) is 15.2. The molecule has 4 rings (SSSR count). The Morgan fingerprint density at radius 2 is 1.81 bits per heavy atom. The summed E-state index contributed by atoms with van der Waals surface area (Å²) >= 11 is 6.12. The van der Waals surface area contributed by atoms with Crippen molar-refractivity contribution in [3.63, 3.8) is 0 Å². The summed E-state index contributed by atoms with van der Waals surface area (Å²) in [6.45, 7) is 1.86. The van der Waals surface area contributed by atoms with Crippen LogP contribution >= 0.6 is 11.6 Å². The number of nitrogens with one attached hydrogen (secondary N) is 1. The number of aryl methyl sites for hydroxylation is 1. The lowest BCUT2D eigenvalue weighted by Gasteiger charge is -2.15. The van der Waals surface area contributed by atoms with Crippen molar-refractivity contribution < 1.29 is 14.0 Å². The first-order chi connectivity index (χ1) is 13.0. The molecule has 0 radical (unpaired) electrons. The Morgan fingerprint density at radius 3 is 2.56 bits per heavy atom. The fourth-order valence-electron chi connectivity index (χ4n) is 2.79. The number of carbonyl (C=O) groups is 2. The van der Waals surface area contributed by atoms with Crippen LogP contribution in [0.15, 0.2) is 70.7 Å². The van der Waals surface area contributed by atoms with Gasteiger partial charge >= 0.3 is 0 Å². The van der Waals surface area contributed by atoms with Gasteiger partial charge in [0, 0.05) is 10.6 Å². The molecule has 1 aliphatic heterocycles. The number of anilines is 1. The molecule has 27 heavy (non-hydrogen) atoms. The molecular formula is C21H15ClN2O3. The maximum atomic E-state index is 12.7. The molecule has 0 aliphatic carbocycles. The van der Waals surface area contributed by atoms with Crippen LogP contribution in [0.25, 0.3) is 17.4 Å². The average Bonchev–Trinajstić information content (AvgIpc) is 3.25. The Balaban J connectivity index is 1.62. The fourth-order valence-corrected chi connectivity index (χ4v) is 2.97. The van der Waals surface area contributed by atoms with Gasteiger partial charge in [0.2, 0.25) is 0 Å². The zero-order valence-electron chi connectivity index (χ0n) is 14.4. The van der Waals surface area contributed by atoms with Gasteiger partial charge in [-0.3, -0.25) is 15.0 Å². The summed E-state index contributed by atoms with van der Waals surface area (Å²) in [5, 5.41) is 1.70. The van der Waals surface area contributed by atoms with Crippen molar-refractivity contribution in [2.45, 2.75) is 6.92 Å². The van der Waals surface area contributed by atoms with Crippen molar-refractivity contribution in [2.24, 2.45) is 0 Å². The Morgan fingerprint density at radius 1 is 1.04 bits per heavy atom. The topological polar surface area (TPSA) is 62.6 Å². The van der Waals surface area contributed by atoms with E-state index in [2.05, 4.69) is 5.43 Å². The zero-order chi connectivity index (χ0) is 19.0. The van der Waals surface area contributed by atoms with Crippen molar-refractivity contribution in [2.75, 3.05) is 5.01 Å². The van der Waals surface area contributed by atoms with Crippen molar-refractivity contribution in [3.8, 4) is 11.3 Å². The molecule has 0 bridgehead atoms. The van der Waals surface area contributed by atoms with E-state index >= 15 is 0 Å². The van der Waals surface area contributed by atoms with Crippen LogP contribution in [0, 0.1) is 6.92 Å². The maximum Gasteiger partial charge on any atom is 0.282 e. The van der Waals surface area contributed by atoms with Crippen LogP contribution in [0.5, 0.6) is 0 Å². The second-order valence-electron chi connectivity index (χ2n) is 6.14. The van der Waals surface area contributed by atoms with Crippen molar-refractivity contribution in [1.82, 2.24) is 5.43 Å². The number of nitrogens with zero attached hydrogens (tertiary/aromatic N) is 1. The number of benzene rings is 2. The second kappa shape index (κ2) is 6.78. The third-order valence-electron chi connectivity index (χ3n) is 4.28. The predicted octanol–water partition coefficient (Wildman–Crippen LogP) is 4.37. The van der Waals surface area contributed by atoms with Gasteiger partial charge in [0.25, 0.3) is 11.8 Å². The van der Waals surface area contributed by atoms with Crippen LogP contribution in [-0.4, -0.2) is 11.8 Å². The standard InChI is InChI=1S/C21H15ClN2O3/c1-13-7-8-15(11-18(13)22)24-21(26)17(20(25)23-24)12-16-9-10-19(27-16)14-5-3-2-4-6-14/h2-12H,1H3,(H,23,25)/b17-12-. The molecule has 1 saturated heterocycles. The highest BCUT2D eigenvalue weighted by molar-refractivity contribution is 6.33. The first-order valence-corrected chi connectivity index (χ1v) is 8.69. The SMILES string of the molecule is Cc1ccc(N2NC(=O)/C(=C/c3ccc(-c4ccccc4)o3)C2=O)cc1Cl. The van der Waals surface area contributed by atoms with E-state index in [9.17, 15) is 9.59 Å².